The van der Waals surface area contributed by atoms with Gasteiger partial charge in [-0.15, -0.1) is 0 Å². The van der Waals surface area contributed by atoms with Gasteiger partial charge >= 0.3 is 12.4 Å². The normalized spacial score (nSPS) is 21.6. The first kappa shape index (κ1) is 23.0. The number of likely N-dealkylation sites (tertiary alicyclic amines) is 1. The number of hydrogen-bond acceptors (Lipinski definition) is 3. The summed E-state index contributed by atoms with van der Waals surface area (Å²) in [7, 11) is 1.45. The van der Waals surface area contributed by atoms with E-state index >= 15 is 0 Å². The number of rotatable bonds is 3. The molecule has 1 fully saturated rings. The van der Waals surface area contributed by atoms with Crippen molar-refractivity contribution in [2.75, 3.05) is 20.1 Å². The maximum Gasteiger partial charge on any atom is 0.423 e. The third-order valence-corrected chi connectivity index (χ3v) is 4.99. The molecule has 0 aromatic heterocycles. The van der Waals surface area contributed by atoms with Crippen molar-refractivity contribution in [3.8, 4) is 0 Å². The van der Waals surface area contributed by atoms with E-state index in [1.54, 1.807) is 6.92 Å². The minimum absolute atomic E-state index is 0.0405. The number of aliphatic hydroxyl groups excluding tert-OH is 1. The molecule has 1 aromatic carbocycles. The molecule has 0 spiro atoms. The van der Waals surface area contributed by atoms with Crippen LogP contribution in [0.1, 0.15) is 29.3 Å². The molecule has 1 N–H and O–H groups in total. The van der Waals surface area contributed by atoms with Crippen molar-refractivity contribution in [1.29, 1.82) is 0 Å². The van der Waals surface area contributed by atoms with Crippen molar-refractivity contribution in [2.45, 2.75) is 37.8 Å². The second kappa shape index (κ2) is 8.21. The SMILES string of the molecule is C[C@@H]1CN(C(=O)[C@@H](O)C(F)(F)F)CC[C@@H]1N(C)C(=O)c1ccc(C(F)(F)F)cc1. The molecule has 0 radical (unpaired) electrons. The first-order valence-electron chi connectivity index (χ1n) is 8.71. The van der Waals surface area contributed by atoms with E-state index in [0.717, 1.165) is 29.2 Å². The number of benzene rings is 1. The molecule has 0 bridgehead atoms. The fourth-order valence-electron chi connectivity index (χ4n) is 3.38. The molecule has 0 saturated carbocycles. The fraction of sp³-hybridized carbons (Fsp3) is 0.556. The lowest BCUT2D eigenvalue weighted by atomic mass is 9.91. The highest BCUT2D eigenvalue weighted by atomic mass is 19.4. The molecule has 162 valence electrons. The zero-order chi connectivity index (χ0) is 22.1. The summed E-state index contributed by atoms with van der Waals surface area (Å²) in [5.74, 6) is -2.39. The van der Waals surface area contributed by atoms with Gasteiger partial charge in [0.2, 0.25) is 6.10 Å². The van der Waals surface area contributed by atoms with E-state index < -0.39 is 47.8 Å². The van der Waals surface area contributed by atoms with E-state index in [9.17, 15) is 35.9 Å². The molecule has 1 heterocycles. The van der Waals surface area contributed by atoms with E-state index in [4.69, 9.17) is 5.11 Å². The quantitative estimate of drug-likeness (QED) is 0.757. The van der Waals surface area contributed by atoms with Gasteiger partial charge in [-0.2, -0.15) is 26.3 Å². The Morgan fingerprint density at radius 1 is 1.14 bits per heavy atom. The monoisotopic (exact) mass is 426 g/mol. The molecular formula is C18H20F6N2O3. The number of carbonyl (C=O) groups excluding carboxylic acids is 2. The summed E-state index contributed by atoms with van der Waals surface area (Å²) in [5, 5.41) is 9.12. The van der Waals surface area contributed by atoms with Crippen molar-refractivity contribution in [3.05, 3.63) is 35.4 Å². The van der Waals surface area contributed by atoms with E-state index in [1.807, 2.05) is 0 Å². The largest absolute Gasteiger partial charge is 0.423 e. The van der Waals surface area contributed by atoms with Crippen LogP contribution in [0, 0.1) is 5.92 Å². The standard InChI is InChI=1S/C18H20F6N2O3/c1-10-9-26(16(29)14(27)18(22,23)24)8-7-13(10)25(2)15(28)11-3-5-12(6-4-11)17(19,20)21/h3-6,10,13-14,27H,7-9H2,1-2H3/t10-,13+,14-/m1/s1. The van der Waals surface area contributed by atoms with Gasteiger partial charge in [0.05, 0.1) is 5.56 Å². The van der Waals surface area contributed by atoms with Crippen LogP contribution in [0.25, 0.3) is 0 Å². The van der Waals surface area contributed by atoms with Crippen LogP contribution >= 0.6 is 0 Å². The Labute approximate surface area is 162 Å². The third-order valence-electron chi connectivity index (χ3n) is 4.99. The lowest BCUT2D eigenvalue weighted by Crippen LogP contribution is -2.55. The van der Waals surface area contributed by atoms with Gasteiger partial charge < -0.3 is 14.9 Å². The van der Waals surface area contributed by atoms with E-state index in [1.165, 1.54) is 11.9 Å². The second-order valence-electron chi connectivity index (χ2n) is 7.05. The summed E-state index contributed by atoms with van der Waals surface area (Å²) in [6, 6.07) is 3.28. The van der Waals surface area contributed by atoms with Crippen molar-refractivity contribution >= 4 is 11.8 Å². The van der Waals surface area contributed by atoms with Crippen LogP contribution in [0.2, 0.25) is 0 Å². The van der Waals surface area contributed by atoms with Gasteiger partial charge in [-0.1, -0.05) is 6.92 Å². The summed E-state index contributed by atoms with van der Waals surface area (Å²) in [5.41, 5.74) is -0.848. The number of carbonyl (C=O) groups is 2. The minimum atomic E-state index is -5.06. The lowest BCUT2D eigenvalue weighted by Gasteiger charge is -2.41. The Kier molecular flexibility index (Phi) is 6.51. The van der Waals surface area contributed by atoms with Gasteiger partial charge in [0.1, 0.15) is 0 Å². The van der Waals surface area contributed by atoms with Crippen LogP contribution in [0.4, 0.5) is 26.3 Å². The van der Waals surface area contributed by atoms with Gasteiger partial charge in [-0.05, 0) is 36.6 Å². The fourth-order valence-corrected chi connectivity index (χ4v) is 3.38. The van der Waals surface area contributed by atoms with E-state index in [2.05, 4.69) is 0 Å². The number of amides is 2. The highest BCUT2D eigenvalue weighted by molar-refractivity contribution is 5.94. The summed E-state index contributed by atoms with van der Waals surface area (Å²) < 4.78 is 75.5. The third kappa shape index (κ3) is 5.20. The van der Waals surface area contributed by atoms with Crippen LogP contribution in [0.5, 0.6) is 0 Å². The molecule has 1 aromatic rings. The highest BCUT2D eigenvalue weighted by Gasteiger charge is 2.46. The van der Waals surface area contributed by atoms with Gasteiger partial charge in [0.15, 0.2) is 0 Å². The molecule has 3 atom stereocenters. The number of halogens is 6. The van der Waals surface area contributed by atoms with Crippen LogP contribution in [0.3, 0.4) is 0 Å². The molecule has 2 amide bonds. The van der Waals surface area contributed by atoms with E-state index in [0.29, 0.717) is 0 Å². The number of aliphatic hydroxyl groups is 1. The molecule has 1 saturated heterocycles. The number of hydrogen-bond donors (Lipinski definition) is 1. The predicted molar refractivity (Wildman–Crippen MR) is 89.7 cm³/mol. The molecule has 29 heavy (non-hydrogen) atoms. The number of piperidine rings is 1. The predicted octanol–water partition coefficient (Wildman–Crippen LogP) is 2.94. The summed E-state index contributed by atoms with van der Waals surface area (Å²) in [6.07, 6.45) is -12.5. The maximum absolute atomic E-state index is 12.6. The number of nitrogens with zero attached hydrogens (tertiary/aromatic N) is 2. The molecule has 2 rings (SSSR count). The molecule has 0 aliphatic carbocycles. The van der Waals surface area contributed by atoms with Crippen LogP contribution in [-0.2, 0) is 11.0 Å². The second-order valence-corrected chi connectivity index (χ2v) is 7.05. The zero-order valence-electron chi connectivity index (χ0n) is 15.6. The summed E-state index contributed by atoms with van der Waals surface area (Å²) in [6.45, 7) is 1.45. The first-order valence-corrected chi connectivity index (χ1v) is 8.71. The smallest absolute Gasteiger partial charge is 0.376 e. The maximum atomic E-state index is 12.6. The van der Waals surface area contributed by atoms with Gasteiger partial charge in [-0.25, -0.2) is 0 Å². The molecule has 11 heteroatoms. The average molecular weight is 426 g/mol. The average Bonchev–Trinajstić information content (AvgIpc) is 2.64. The molecule has 1 aliphatic rings. The van der Waals surface area contributed by atoms with Crippen LogP contribution < -0.4 is 0 Å². The van der Waals surface area contributed by atoms with Crippen LogP contribution in [0.15, 0.2) is 24.3 Å². The molecule has 1 aliphatic heterocycles. The Balaban J connectivity index is 2.05. The lowest BCUT2D eigenvalue weighted by molar-refractivity contribution is -0.211. The van der Waals surface area contributed by atoms with Crippen molar-refractivity contribution < 1.29 is 41.0 Å². The Hall–Kier alpha value is -2.30. The topological polar surface area (TPSA) is 60.9 Å². The van der Waals surface area contributed by atoms with Crippen molar-refractivity contribution in [3.63, 3.8) is 0 Å². The molecule has 0 unspecified atom stereocenters. The van der Waals surface area contributed by atoms with Gasteiger partial charge in [0, 0.05) is 31.7 Å². The zero-order valence-corrected chi connectivity index (χ0v) is 15.6. The van der Waals surface area contributed by atoms with Crippen LogP contribution in [-0.4, -0.2) is 65.2 Å². The van der Waals surface area contributed by atoms with Crippen molar-refractivity contribution in [2.24, 2.45) is 5.92 Å². The molecule has 5 nitrogen and oxygen atoms in total. The Morgan fingerprint density at radius 3 is 2.14 bits per heavy atom. The van der Waals surface area contributed by atoms with Gasteiger partial charge in [0.25, 0.3) is 11.8 Å². The minimum Gasteiger partial charge on any atom is -0.376 e. The highest BCUT2D eigenvalue weighted by Crippen LogP contribution is 2.30. The Morgan fingerprint density at radius 2 is 1.69 bits per heavy atom. The molecular weight excluding hydrogens is 406 g/mol. The summed E-state index contributed by atoms with van der Waals surface area (Å²) in [4.78, 5) is 26.6. The Bertz CT molecular complexity index is 747. The number of alkyl halides is 6. The van der Waals surface area contributed by atoms with Crippen molar-refractivity contribution in [1.82, 2.24) is 9.80 Å². The van der Waals surface area contributed by atoms with E-state index in [-0.39, 0.29) is 25.1 Å². The summed E-state index contributed by atoms with van der Waals surface area (Å²) >= 11 is 0. The first-order chi connectivity index (χ1) is 13.2. The van der Waals surface area contributed by atoms with Gasteiger partial charge in [-0.3, -0.25) is 9.59 Å².